The van der Waals surface area contributed by atoms with Gasteiger partial charge in [-0.15, -0.1) is 10.2 Å². The number of rotatable bonds is 10. The molecule has 0 saturated heterocycles. The fourth-order valence-electron chi connectivity index (χ4n) is 3.35. The van der Waals surface area contributed by atoms with Gasteiger partial charge in [0.25, 0.3) is 0 Å². The maximum Gasteiger partial charge on any atom is 0.234 e. The highest BCUT2D eigenvalue weighted by Gasteiger charge is 2.19. The zero-order valence-electron chi connectivity index (χ0n) is 19.9. The lowest BCUT2D eigenvalue weighted by atomic mass is 10.1. The van der Waals surface area contributed by atoms with Crippen LogP contribution in [0.4, 0.5) is 5.69 Å². The molecule has 0 bridgehead atoms. The first kappa shape index (κ1) is 25.1. The van der Waals surface area contributed by atoms with Crippen molar-refractivity contribution in [1.82, 2.24) is 20.1 Å². The van der Waals surface area contributed by atoms with Crippen molar-refractivity contribution in [3.8, 4) is 11.5 Å². The number of carbonyl (C=O) groups excluding carboxylic acids is 2. The number of aromatic nitrogens is 3. The molecule has 0 saturated carbocycles. The Morgan fingerprint density at radius 1 is 1.06 bits per heavy atom. The topological polar surface area (TPSA) is 107 Å². The summed E-state index contributed by atoms with van der Waals surface area (Å²) >= 11 is 1.27. The van der Waals surface area contributed by atoms with Gasteiger partial charge < -0.3 is 24.7 Å². The summed E-state index contributed by atoms with van der Waals surface area (Å²) in [4.78, 5) is 24.9. The Kier molecular flexibility index (Phi) is 8.53. The molecule has 2 N–H and O–H groups in total. The molecule has 3 aromatic rings. The lowest BCUT2D eigenvalue weighted by Gasteiger charge is -2.14. The van der Waals surface area contributed by atoms with E-state index in [2.05, 4.69) is 20.8 Å². The van der Waals surface area contributed by atoms with Crippen LogP contribution in [0.3, 0.4) is 0 Å². The number of methoxy groups -OCH3 is 2. The number of hydrogen-bond acceptors (Lipinski definition) is 7. The molecule has 1 aromatic heterocycles. The summed E-state index contributed by atoms with van der Waals surface area (Å²) < 4.78 is 12.2. The largest absolute Gasteiger partial charge is 0.497 e. The summed E-state index contributed by atoms with van der Waals surface area (Å²) in [5, 5.41) is 14.8. The zero-order chi connectivity index (χ0) is 24.7. The number of amides is 2. The van der Waals surface area contributed by atoms with Gasteiger partial charge in [0.2, 0.25) is 11.8 Å². The molecule has 2 aromatic carbocycles. The number of ether oxygens (including phenoxy) is 2. The minimum Gasteiger partial charge on any atom is -0.497 e. The Labute approximate surface area is 203 Å². The Bertz CT molecular complexity index is 1150. The van der Waals surface area contributed by atoms with Crippen molar-refractivity contribution in [1.29, 1.82) is 0 Å². The van der Waals surface area contributed by atoms with Gasteiger partial charge in [0, 0.05) is 7.05 Å². The van der Waals surface area contributed by atoms with Crippen LogP contribution in [-0.2, 0) is 23.1 Å². The van der Waals surface area contributed by atoms with Gasteiger partial charge in [0.05, 0.1) is 38.1 Å². The zero-order valence-corrected chi connectivity index (χ0v) is 20.7. The molecule has 9 nitrogen and oxygen atoms in total. The number of aryl methyl sites for hydroxylation is 1. The molecule has 3 rings (SSSR count). The van der Waals surface area contributed by atoms with Gasteiger partial charge >= 0.3 is 0 Å². The summed E-state index contributed by atoms with van der Waals surface area (Å²) in [7, 11) is 4.98. The maximum absolute atomic E-state index is 12.5. The molecule has 1 heterocycles. The van der Waals surface area contributed by atoms with Crippen LogP contribution < -0.4 is 20.1 Å². The van der Waals surface area contributed by atoms with E-state index in [1.54, 1.807) is 18.8 Å². The molecule has 2 amide bonds. The second-order valence-corrected chi connectivity index (χ2v) is 8.70. The van der Waals surface area contributed by atoms with E-state index in [0.717, 1.165) is 16.9 Å². The lowest BCUT2D eigenvalue weighted by molar-refractivity contribution is -0.121. The van der Waals surface area contributed by atoms with Crippen LogP contribution in [-0.4, -0.2) is 46.6 Å². The molecule has 0 radical (unpaired) electrons. The third kappa shape index (κ3) is 6.50. The molecule has 0 fully saturated rings. The van der Waals surface area contributed by atoms with Crippen LogP contribution in [0.2, 0.25) is 0 Å². The Balaban J connectivity index is 1.54. The molecular formula is C24H29N5O4S. The Morgan fingerprint density at radius 3 is 2.47 bits per heavy atom. The van der Waals surface area contributed by atoms with E-state index in [-0.39, 0.29) is 30.0 Å². The number of benzene rings is 2. The molecule has 0 aliphatic carbocycles. The SMILES string of the molecule is COc1ccc(CC(=O)N[C@@H](C)c2nnc(SCC(=O)Nc3cc(C)ccc3OC)n2C)cc1. The second-order valence-electron chi connectivity index (χ2n) is 7.75. The fourth-order valence-corrected chi connectivity index (χ4v) is 4.07. The number of anilines is 1. The predicted molar refractivity (Wildman–Crippen MR) is 131 cm³/mol. The van der Waals surface area contributed by atoms with Crippen molar-refractivity contribution >= 4 is 29.3 Å². The molecule has 0 spiro atoms. The number of nitrogens with zero attached hydrogens (tertiary/aromatic N) is 3. The van der Waals surface area contributed by atoms with Crippen LogP contribution in [0.15, 0.2) is 47.6 Å². The fraction of sp³-hybridized carbons (Fsp3) is 0.333. The highest BCUT2D eigenvalue weighted by atomic mass is 32.2. The van der Waals surface area contributed by atoms with E-state index in [0.29, 0.717) is 22.4 Å². The summed E-state index contributed by atoms with van der Waals surface area (Å²) in [6, 6.07) is 12.6. The number of thioether (sulfide) groups is 1. The maximum atomic E-state index is 12.5. The summed E-state index contributed by atoms with van der Waals surface area (Å²) in [6.07, 6.45) is 0.246. The van der Waals surface area contributed by atoms with Crippen molar-refractivity contribution < 1.29 is 19.1 Å². The quantitative estimate of drug-likeness (QED) is 0.426. The standard InChI is InChI=1S/C24H29N5O4S/c1-15-6-11-20(33-5)19(12-15)26-22(31)14-34-24-28-27-23(29(24)3)16(2)25-21(30)13-17-7-9-18(32-4)10-8-17/h6-12,16H,13-14H2,1-5H3,(H,25,30)(H,26,31)/t16-/m0/s1. The van der Waals surface area contributed by atoms with Crippen LogP contribution >= 0.6 is 11.8 Å². The number of hydrogen-bond donors (Lipinski definition) is 2. The van der Waals surface area contributed by atoms with E-state index in [9.17, 15) is 9.59 Å². The Hall–Kier alpha value is -3.53. The van der Waals surface area contributed by atoms with Gasteiger partial charge in [0.15, 0.2) is 11.0 Å². The van der Waals surface area contributed by atoms with Crippen molar-refractivity contribution in [2.75, 3.05) is 25.3 Å². The molecule has 34 heavy (non-hydrogen) atoms. The van der Waals surface area contributed by atoms with Crippen molar-refractivity contribution in [2.24, 2.45) is 7.05 Å². The molecule has 0 unspecified atom stereocenters. The monoisotopic (exact) mass is 483 g/mol. The number of carbonyl (C=O) groups is 2. The van der Waals surface area contributed by atoms with E-state index in [4.69, 9.17) is 9.47 Å². The average molecular weight is 484 g/mol. The highest BCUT2D eigenvalue weighted by Crippen LogP contribution is 2.26. The molecular weight excluding hydrogens is 454 g/mol. The number of nitrogens with one attached hydrogen (secondary N) is 2. The van der Waals surface area contributed by atoms with Gasteiger partial charge in [-0.1, -0.05) is 30.0 Å². The minimum absolute atomic E-state index is 0.124. The van der Waals surface area contributed by atoms with Gasteiger partial charge in [-0.25, -0.2) is 0 Å². The average Bonchev–Trinajstić information content (AvgIpc) is 3.18. The molecule has 180 valence electrons. The highest BCUT2D eigenvalue weighted by molar-refractivity contribution is 7.99. The van der Waals surface area contributed by atoms with Crippen molar-refractivity contribution in [2.45, 2.75) is 31.5 Å². The molecule has 0 aliphatic rings. The van der Waals surface area contributed by atoms with Crippen molar-refractivity contribution in [3.63, 3.8) is 0 Å². The summed E-state index contributed by atoms with van der Waals surface area (Å²) in [5.41, 5.74) is 2.53. The second kappa shape index (κ2) is 11.6. The van der Waals surface area contributed by atoms with E-state index >= 15 is 0 Å². The molecule has 1 atom stereocenters. The van der Waals surface area contributed by atoms with Gasteiger partial charge in [-0.3, -0.25) is 9.59 Å². The van der Waals surface area contributed by atoms with Crippen LogP contribution in [0, 0.1) is 6.92 Å². The van der Waals surface area contributed by atoms with E-state index in [1.165, 1.54) is 11.8 Å². The predicted octanol–water partition coefficient (Wildman–Crippen LogP) is 3.29. The van der Waals surface area contributed by atoms with E-state index < -0.39 is 0 Å². The third-order valence-corrected chi connectivity index (χ3v) is 6.14. The molecule has 0 aliphatic heterocycles. The van der Waals surface area contributed by atoms with Gasteiger partial charge in [-0.05, 0) is 49.2 Å². The third-order valence-electron chi connectivity index (χ3n) is 5.12. The van der Waals surface area contributed by atoms with Crippen LogP contribution in [0.5, 0.6) is 11.5 Å². The summed E-state index contributed by atoms with van der Waals surface area (Å²) in [6.45, 7) is 3.79. The first-order valence-corrected chi connectivity index (χ1v) is 11.7. The normalized spacial score (nSPS) is 11.6. The summed E-state index contributed by atoms with van der Waals surface area (Å²) in [5.74, 6) is 1.80. The first-order valence-electron chi connectivity index (χ1n) is 10.7. The molecule has 10 heteroatoms. The smallest absolute Gasteiger partial charge is 0.234 e. The van der Waals surface area contributed by atoms with Gasteiger partial charge in [-0.2, -0.15) is 0 Å². The minimum atomic E-state index is -0.344. The lowest BCUT2D eigenvalue weighted by Crippen LogP contribution is -2.29. The van der Waals surface area contributed by atoms with Crippen LogP contribution in [0.1, 0.15) is 29.9 Å². The first-order chi connectivity index (χ1) is 16.3. The Morgan fingerprint density at radius 2 is 1.79 bits per heavy atom. The van der Waals surface area contributed by atoms with Crippen molar-refractivity contribution in [3.05, 3.63) is 59.4 Å². The van der Waals surface area contributed by atoms with Gasteiger partial charge in [0.1, 0.15) is 11.5 Å². The van der Waals surface area contributed by atoms with E-state index in [1.807, 2.05) is 63.4 Å². The van der Waals surface area contributed by atoms with Crippen LogP contribution in [0.25, 0.3) is 0 Å².